The number of hydrogen-bond acceptors (Lipinski definition) is 3. The fourth-order valence-electron chi connectivity index (χ4n) is 2.01. The first-order valence-electron chi connectivity index (χ1n) is 5.86. The molecule has 0 amide bonds. The van der Waals surface area contributed by atoms with Gasteiger partial charge in [0, 0.05) is 10.6 Å². The second-order valence-electron chi connectivity index (χ2n) is 3.82. The van der Waals surface area contributed by atoms with E-state index in [0.29, 0.717) is 29.4 Å². The summed E-state index contributed by atoms with van der Waals surface area (Å²) in [6, 6.07) is 4.36. The van der Waals surface area contributed by atoms with Crippen LogP contribution >= 0.6 is 11.6 Å². The summed E-state index contributed by atoms with van der Waals surface area (Å²) < 4.78 is 5.22. The van der Waals surface area contributed by atoms with Crippen LogP contribution < -0.4 is 4.74 Å². The molecule has 0 saturated heterocycles. The lowest BCUT2D eigenvalue weighted by molar-refractivity contribution is -0.143. The minimum absolute atomic E-state index is 0.411. The fraction of sp³-hybridized carbons (Fsp3) is 0.462. The van der Waals surface area contributed by atoms with Gasteiger partial charge in [0.2, 0.25) is 0 Å². The highest BCUT2D eigenvalue weighted by Crippen LogP contribution is 2.35. The molecule has 1 aromatic carbocycles. The van der Waals surface area contributed by atoms with Crippen molar-refractivity contribution < 1.29 is 14.6 Å². The van der Waals surface area contributed by atoms with Crippen LogP contribution in [0.3, 0.4) is 0 Å². The molecular formula is C13H18ClNO3. The predicted molar refractivity (Wildman–Crippen MR) is 71.3 cm³/mol. The molecule has 0 radical (unpaired) electrons. The summed E-state index contributed by atoms with van der Waals surface area (Å²) in [5, 5.41) is 9.86. The molecule has 5 heteroatoms. The number of carboxylic acids is 1. The SMILES string of the molecule is CCN(CC)C(C(=O)O)c1c(Cl)cccc1OC. The number of ether oxygens (including phenoxy) is 1. The maximum atomic E-state index is 11.5. The zero-order valence-corrected chi connectivity index (χ0v) is 11.6. The van der Waals surface area contributed by atoms with Crippen molar-refractivity contribution in [3.8, 4) is 5.75 Å². The van der Waals surface area contributed by atoms with Crippen molar-refractivity contribution in [2.75, 3.05) is 20.2 Å². The number of carbonyl (C=O) groups is 1. The Bertz CT molecular complexity index is 419. The molecule has 0 spiro atoms. The number of nitrogens with zero attached hydrogens (tertiary/aromatic N) is 1. The van der Waals surface area contributed by atoms with Gasteiger partial charge in [0.1, 0.15) is 11.8 Å². The highest BCUT2D eigenvalue weighted by molar-refractivity contribution is 6.31. The first kappa shape index (κ1) is 14.8. The Hall–Kier alpha value is -1.26. The molecule has 0 aliphatic heterocycles. The number of aliphatic carboxylic acids is 1. The smallest absolute Gasteiger partial charge is 0.325 e. The van der Waals surface area contributed by atoms with Crippen LogP contribution in [0.2, 0.25) is 5.02 Å². The molecule has 4 nitrogen and oxygen atoms in total. The van der Waals surface area contributed by atoms with Gasteiger partial charge in [0.15, 0.2) is 0 Å². The monoisotopic (exact) mass is 271 g/mol. The molecular weight excluding hydrogens is 254 g/mol. The number of methoxy groups -OCH3 is 1. The molecule has 0 fully saturated rings. The van der Waals surface area contributed by atoms with Crippen LogP contribution in [0.25, 0.3) is 0 Å². The van der Waals surface area contributed by atoms with E-state index in [-0.39, 0.29) is 0 Å². The van der Waals surface area contributed by atoms with Crippen molar-refractivity contribution in [3.63, 3.8) is 0 Å². The summed E-state index contributed by atoms with van der Waals surface area (Å²) in [4.78, 5) is 13.3. The number of hydrogen-bond donors (Lipinski definition) is 1. The van der Waals surface area contributed by atoms with Gasteiger partial charge in [-0.3, -0.25) is 9.69 Å². The lowest BCUT2D eigenvalue weighted by atomic mass is 10.0. The van der Waals surface area contributed by atoms with E-state index in [0.717, 1.165) is 0 Å². The average molecular weight is 272 g/mol. The Kier molecular flexibility index (Phi) is 5.44. The van der Waals surface area contributed by atoms with E-state index >= 15 is 0 Å². The molecule has 0 aliphatic carbocycles. The first-order valence-corrected chi connectivity index (χ1v) is 6.23. The summed E-state index contributed by atoms with van der Waals surface area (Å²) in [6.45, 7) is 5.09. The fourth-order valence-corrected chi connectivity index (χ4v) is 2.28. The van der Waals surface area contributed by atoms with Crippen LogP contribution in [0.1, 0.15) is 25.5 Å². The van der Waals surface area contributed by atoms with Crippen molar-refractivity contribution in [2.45, 2.75) is 19.9 Å². The second kappa shape index (κ2) is 6.61. The number of carboxylic acid groups (broad SMARTS) is 1. The Morgan fingerprint density at radius 3 is 2.50 bits per heavy atom. The van der Waals surface area contributed by atoms with E-state index in [1.54, 1.807) is 18.2 Å². The van der Waals surface area contributed by atoms with Gasteiger partial charge in [-0.1, -0.05) is 31.5 Å². The summed E-state index contributed by atoms with van der Waals surface area (Å²) in [5.41, 5.74) is 0.512. The van der Waals surface area contributed by atoms with Crippen molar-refractivity contribution in [1.29, 1.82) is 0 Å². The van der Waals surface area contributed by atoms with Crippen LogP contribution in [-0.2, 0) is 4.79 Å². The van der Waals surface area contributed by atoms with Gasteiger partial charge < -0.3 is 9.84 Å². The van der Waals surface area contributed by atoms with Gasteiger partial charge in [-0.25, -0.2) is 0 Å². The molecule has 1 N–H and O–H groups in total. The minimum atomic E-state index is -0.926. The normalized spacial score (nSPS) is 12.5. The van der Waals surface area contributed by atoms with E-state index in [1.165, 1.54) is 7.11 Å². The topological polar surface area (TPSA) is 49.8 Å². The summed E-state index contributed by atoms with van der Waals surface area (Å²) in [5.74, 6) is -0.424. The van der Waals surface area contributed by atoms with Crippen LogP contribution in [0.15, 0.2) is 18.2 Å². The Labute approximate surface area is 112 Å². The van der Waals surface area contributed by atoms with E-state index in [4.69, 9.17) is 16.3 Å². The molecule has 1 aromatic rings. The lowest BCUT2D eigenvalue weighted by Crippen LogP contribution is -2.34. The van der Waals surface area contributed by atoms with Gasteiger partial charge in [0.05, 0.1) is 7.11 Å². The third-order valence-electron chi connectivity index (χ3n) is 2.92. The zero-order chi connectivity index (χ0) is 13.7. The van der Waals surface area contributed by atoms with Crippen LogP contribution in [0.4, 0.5) is 0 Å². The quantitative estimate of drug-likeness (QED) is 0.864. The van der Waals surface area contributed by atoms with Gasteiger partial charge in [-0.15, -0.1) is 0 Å². The molecule has 0 saturated carbocycles. The lowest BCUT2D eigenvalue weighted by Gasteiger charge is -2.28. The van der Waals surface area contributed by atoms with Crippen molar-refractivity contribution in [1.82, 2.24) is 4.90 Å². The Balaban J connectivity index is 3.33. The third kappa shape index (κ3) is 2.94. The van der Waals surface area contributed by atoms with Crippen molar-refractivity contribution in [2.24, 2.45) is 0 Å². The molecule has 0 aromatic heterocycles. The number of halogens is 1. The maximum Gasteiger partial charge on any atom is 0.325 e. The number of rotatable bonds is 6. The first-order chi connectivity index (χ1) is 8.56. The summed E-state index contributed by atoms with van der Waals surface area (Å²) in [7, 11) is 1.51. The van der Waals surface area contributed by atoms with Crippen LogP contribution in [0, 0.1) is 0 Å². The van der Waals surface area contributed by atoms with E-state index in [1.807, 2.05) is 18.7 Å². The molecule has 1 unspecified atom stereocenters. The molecule has 0 aliphatic rings. The predicted octanol–water partition coefficient (Wildman–Crippen LogP) is 2.82. The van der Waals surface area contributed by atoms with Gasteiger partial charge in [-0.2, -0.15) is 0 Å². The van der Waals surface area contributed by atoms with Gasteiger partial charge in [-0.05, 0) is 25.2 Å². The summed E-state index contributed by atoms with van der Waals surface area (Å²) >= 11 is 6.13. The maximum absolute atomic E-state index is 11.5. The Morgan fingerprint density at radius 2 is 2.06 bits per heavy atom. The largest absolute Gasteiger partial charge is 0.496 e. The standard InChI is InChI=1S/C13H18ClNO3/c1-4-15(5-2)12(13(16)17)11-9(14)7-6-8-10(11)18-3/h6-8,12H,4-5H2,1-3H3,(H,16,17). The number of benzene rings is 1. The third-order valence-corrected chi connectivity index (χ3v) is 3.25. The van der Waals surface area contributed by atoms with Crippen molar-refractivity contribution >= 4 is 17.6 Å². The van der Waals surface area contributed by atoms with Gasteiger partial charge >= 0.3 is 5.97 Å². The minimum Gasteiger partial charge on any atom is -0.496 e. The molecule has 18 heavy (non-hydrogen) atoms. The van der Waals surface area contributed by atoms with Crippen LogP contribution in [-0.4, -0.2) is 36.2 Å². The van der Waals surface area contributed by atoms with E-state index < -0.39 is 12.0 Å². The van der Waals surface area contributed by atoms with E-state index in [9.17, 15) is 9.90 Å². The van der Waals surface area contributed by atoms with Crippen molar-refractivity contribution in [3.05, 3.63) is 28.8 Å². The molecule has 1 rings (SSSR count). The highest BCUT2D eigenvalue weighted by Gasteiger charge is 2.30. The zero-order valence-electron chi connectivity index (χ0n) is 10.8. The van der Waals surface area contributed by atoms with Gasteiger partial charge in [0.25, 0.3) is 0 Å². The van der Waals surface area contributed by atoms with Crippen LogP contribution in [0.5, 0.6) is 5.75 Å². The second-order valence-corrected chi connectivity index (χ2v) is 4.22. The van der Waals surface area contributed by atoms with E-state index in [2.05, 4.69) is 0 Å². The molecule has 0 bridgehead atoms. The highest BCUT2D eigenvalue weighted by atomic mass is 35.5. The number of likely N-dealkylation sites (N-methyl/N-ethyl adjacent to an activating group) is 1. The Morgan fingerprint density at radius 1 is 1.44 bits per heavy atom. The molecule has 0 heterocycles. The molecule has 100 valence electrons. The molecule has 1 atom stereocenters. The average Bonchev–Trinajstić information content (AvgIpc) is 2.36. The summed E-state index contributed by atoms with van der Waals surface area (Å²) in [6.07, 6.45) is 0.